The zero-order chi connectivity index (χ0) is 20.4. The van der Waals surface area contributed by atoms with Crippen LogP contribution in [0.1, 0.15) is 35.2 Å². The Hall–Kier alpha value is -2.41. The number of hydrogen-bond donors (Lipinski definition) is 1. The van der Waals surface area contributed by atoms with E-state index in [0.29, 0.717) is 0 Å². The van der Waals surface area contributed by atoms with Gasteiger partial charge in [0.25, 0.3) is 0 Å². The van der Waals surface area contributed by atoms with Gasteiger partial charge in [-0.25, -0.2) is 12.8 Å². The first-order valence-corrected chi connectivity index (χ1v) is 10.4. The van der Waals surface area contributed by atoms with Gasteiger partial charge in [0.1, 0.15) is 12.4 Å². The molecule has 0 unspecified atom stereocenters. The Morgan fingerprint density at radius 3 is 2.19 bits per heavy atom. The van der Waals surface area contributed by atoms with Gasteiger partial charge < -0.3 is 5.32 Å². The lowest BCUT2D eigenvalue weighted by atomic mass is 9.96. The van der Waals surface area contributed by atoms with E-state index < -0.39 is 21.7 Å². The van der Waals surface area contributed by atoms with E-state index >= 15 is 0 Å². The van der Waals surface area contributed by atoms with E-state index in [-0.39, 0.29) is 18.3 Å². The maximum absolute atomic E-state index is 13.1. The fraction of sp³-hybridized carbons (Fsp3) is 0.350. The fourth-order valence-electron chi connectivity index (χ4n) is 2.95. The highest BCUT2D eigenvalue weighted by atomic mass is 32.2. The van der Waals surface area contributed by atoms with Crippen molar-refractivity contribution in [3.63, 3.8) is 0 Å². The Balaban J connectivity index is 2.19. The highest BCUT2D eigenvalue weighted by Gasteiger charge is 2.22. The van der Waals surface area contributed by atoms with Gasteiger partial charge in [-0.2, -0.15) is 0 Å². The van der Waals surface area contributed by atoms with Crippen molar-refractivity contribution < 1.29 is 17.6 Å². The molecule has 0 bridgehead atoms. The lowest BCUT2D eigenvalue weighted by Crippen LogP contribution is -2.41. The summed E-state index contributed by atoms with van der Waals surface area (Å²) in [4.78, 5) is 12.5. The molecule has 27 heavy (non-hydrogen) atoms. The quantitative estimate of drug-likeness (QED) is 0.819. The van der Waals surface area contributed by atoms with Crippen molar-refractivity contribution >= 4 is 21.6 Å². The molecular weight excluding hydrogens is 367 g/mol. The second-order valence-corrected chi connectivity index (χ2v) is 8.74. The van der Waals surface area contributed by atoms with Gasteiger partial charge in [-0.05, 0) is 74.2 Å². The molecule has 0 radical (unpaired) electrons. The molecule has 0 aliphatic carbocycles. The van der Waals surface area contributed by atoms with Crippen molar-refractivity contribution in [2.75, 3.05) is 17.1 Å². The Morgan fingerprint density at radius 2 is 1.63 bits per heavy atom. The van der Waals surface area contributed by atoms with Crippen LogP contribution in [-0.2, 0) is 14.8 Å². The number of rotatable bonds is 6. The van der Waals surface area contributed by atoms with Gasteiger partial charge in [0.2, 0.25) is 15.9 Å². The number of sulfonamides is 1. The first-order valence-electron chi connectivity index (χ1n) is 8.59. The van der Waals surface area contributed by atoms with Crippen LogP contribution in [0.15, 0.2) is 36.4 Å². The summed E-state index contributed by atoms with van der Waals surface area (Å²) >= 11 is 0. The van der Waals surface area contributed by atoms with Gasteiger partial charge in [-0.1, -0.05) is 12.1 Å². The number of amides is 1. The zero-order valence-corrected chi connectivity index (χ0v) is 17.0. The number of nitrogens with one attached hydrogen (secondary N) is 1. The first-order chi connectivity index (χ1) is 12.5. The normalized spacial score (nSPS) is 12.5. The minimum absolute atomic E-state index is 0.240. The van der Waals surface area contributed by atoms with Gasteiger partial charge >= 0.3 is 0 Å². The lowest BCUT2D eigenvalue weighted by Gasteiger charge is -2.24. The summed E-state index contributed by atoms with van der Waals surface area (Å²) in [6.07, 6.45) is 1.01. The third-order valence-electron chi connectivity index (χ3n) is 4.53. The smallest absolute Gasteiger partial charge is 0.241 e. The minimum atomic E-state index is -3.70. The van der Waals surface area contributed by atoms with Crippen LogP contribution >= 0.6 is 0 Å². The molecule has 7 heteroatoms. The van der Waals surface area contributed by atoms with Crippen LogP contribution in [0.25, 0.3) is 0 Å². The lowest BCUT2D eigenvalue weighted by molar-refractivity contribution is -0.120. The largest absolute Gasteiger partial charge is 0.348 e. The van der Waals surface area contributed by atoms with Crippen molar-refractivity contribution in [1.29, 1.82) is 0 Å². The molecule has 146 valence electrons. The van der Waals surface area contributed by atoms with Crippen molar-refractivity contribution in [2.24, 2.45) is 0 Å². The van der Waals surface area contributed by atoms with Crippen LogP contribution < -0.4 is 9.62 Å². The van der Waals surface area contributed by atoms with Crippen LogP contribution in [0.3, 0.4) is 0 Å². The summed E-state index contributed by atoms with van der Waals surface area (Å²) in [6, 6.07) is 8.81. The average Bonchev–Trinajstić information content (AvgIpc) is 2.56. The molecule has 2 aromatic carbocycles. The van der Waals surface area contributed by atoms with E-state index in [1.165, 1.54) is 17.7 Å². The van der Waals surface area contributed by atoms with E-state index in [4.69, 9.17) is 0 Å². The van der Waals surface area contributed by atoms with Gasteiger partial charge in [0.15, 0.2) is 0 Å². The Kier molecular flexibility index (Phi) is 6.26. The number of halogens is 1. The van der Waals surface area contributed by atoms with E-state index in [2.05, 4.69) is 11.4 Å². The second kappa shape index (κ2) is 8.08. The summed E-state index contributed by atoms with van der Waals surface area (Å²) in [5, 5.41) is 2.85. The van der Waals surface area contributed by atoms with Crippen LogP contribution in [0, 0.1) is 26.6 Å². The highest BCUT2D eigenvalue weighted by molar-refractivity contribution is 7.92. The molecule has 0 saturated heterocycles. The summed E-state index contributed by atoms with van der Waals surface area (Å²) in [5.74, 6) is -0.912. The highest BCUT2D eigenvalue weighted by Crippen LogP contribution is 2.22. The van der Waals surface area contributed by atoms with E-state index in [9.17, 15) is 17.6 Å². The molecule has 5 nitrogen and oxygen atoms in total. The average molecular weight is 392 g/mol. The molecule has 0 aliphatic heterocycles. The molecular formula is C20H25FN2O3S. The molecule has 1 atom stereocenters. The molecule has 0 aliphatic rings. The number of hydrogen-bond acceptors (Lipinski definition) is 3. The summed E-state index contributed by atoms with van der Waals surface area (Å²) in [6.45, 7) is 7.50. The minimum Gasteiger partial charge on any atom is -0.348 e. The molecule has 0 aromatic heterocycles. The molecule has 1 N–H and O–H groups in total. The standard InChI is InChI=1S/C20H25FN2O3S/c1-13-10-15(3)19(11-14(13)2)16(4)22-20(24)12-23(27(5,25)26)18-8-6-17(21)7-9-18/h6-11,16H,12H2,1-5H3,(H,22,24)/t16-/m0/s1. The van der Waals surface area contributed by atoms with Crippen LogP contribution in [0.5, 0.6) is 0 Å². The van der Waals surface area contributed by atoms with Gasteiger partial charge in [0.05, 0.1) is 18.0 Å². The van der Waals surface area contributed by atoms with E-state index in [1.54, 1.807) is 0 Å². The summed E-state index contributed by atoms with van der Waals surface area (Å²) in [5.41, 5.74) is 4.59. The van der Waals surface area contributed by atoms with Gasteiger partial charge in [0, 0.05) is 0 Å². The predicted octanol–water partition coefficient (Wildman–Crippen LogP) is 3.39. The van der Waals surface area contributed by atoms with E-state index in [1.807, 2.05) is 33.8 Å². The topological polar surface area (TPSA) is 66.5 Å². The number of benzene rings is 2. The maximum atomic E-state index is 13.1. The van der Waals surface area contributed by atoms with E-state index in [0.717, 1.165) is 39.4 Å². The number of carbonyl (C=O) groups excluding carboxylic acids is 1. The number of carbonyl (C=O) groups is 1. The van der Waals surface area contributed by atoms with Crippen molar-refractivity contribution in [2.45, 2.75) is 33.7 Å². The van der Waals surface area contributed by atoms with Crippen LogP contribution in [0.4, 0.5) is 10.1 Å². The molecule has 0 fully saturated rings. The number of anilines is 1. The fourth-order valence-corrected chi connectivity index (χ4v) is 3.81. The Bertz CT molecular complexity index is 940. The Morgan fingerprint density at radius 1 is 1.07 bits per heavy atom. The number of nitrogens with zero attached hydrogens (tertiary/aromatic N) is 1. The van der Waals surface area contributed by atoms with Crippen molar-refractivity contribution in [3.05, 3.63) is 64.5 Å². The third kappa shape index (κ3) is 5.29. The molecule has 0 spiro atoms. The van der Waals surface area contributed by atoms with Gasteiger partial charge in [-0.3, -0.25) is 9.10 Å². The molecule has 2 aromatic rings. The van der Waals surface area contributed by atoms with Gasteiger partial charge in [-0.15, -0.1) is 0 Å². The van der Waals surface area contributed by atoms with Crippen LogP contribution in [-0.4, -0.2) is 27.1 Å². The second-order valence-electron chi connectivity index (χ2n) is 6.83. The summed E-state index contributed by atoms with van der Waals surface area (Å²) in [7, 11) is -3.70. The third-order valence-corrected chi connectivity index (χ3v) is 5.67. The summed E-state index contributed by atoms with van der Waals surface area (Å²) < 4.78 is 38.3. The Labute approximate surface area is 160 Å². The monoisotopic (exact) mass is 392 g/mol. The number of aryl methyl sites for hydroxylation is 3. The molecule has 2 rings (SSSR count). The molecule has 1 amide bonds. The van der Waals surface area contributed by atoms with Crippen molar-refractivity contribution in [3.8, 4) is 0 Å². The van der Waals surface area contributed by atoms with Crippen LogP contribution in [0.2, 0.25) is 0 Å². The maximum Gasteiger partial charge on any atom is 0.241 e. The molecule has 0 heterocycles. The molecule has 0 saturated carbocycles. The zero-order valence-electron chi connectivity index (χ0n) is 16.2. The SMILES string of the molecule is Cc1cc(C)c([C@H](C)NC(=O)CN(c2ccc(F)cc2)S(C)(=O)=O)cc1C. The predicted molar refractivity (Wildman–Crippen MR) is 106 cm³/mol. The van der Waals surface area contributed by atoms with Crippen molar-refractivity contribution in [1.82, 2.24) is 5.32 Å². The first kappa shape index (κ1) is 20.9.